The molecule has 6 nitrogen and oxygen atoms in total. The Morgan fingerprint density at radius 2 is 2.00 bits per heavy atom. The number of esters is 1. The first-order valence-corrected chi connectivity index (χ1v) is 9.42. The molecule has 0 unspecified atom stereocenters. The van der Waals surface area contributed by atoms with E-state index < -0.39 is 22.1 Å². The highest BCUT2D eigenvalue weighted by Crippen LogP contribution is 2.54. The van der Waals surface area contributed by atoms with Gasteiger partial charge in [0.1, 0.15) is 12.2 Å². The maximum absolute atomic E-state index is 12.6. The highest BCUT2D eigenvalue weighted by Gasteiger charge is 2.64. The molecule has 26 heavy (non-hydrogen) atoms. The van der Waals surface area contributed by atoms with Crippen LogP contribution in [0, 0.1) is 27.9 Å². The zero-order valence-corrected chi connectivity index (χ0v) is 15.9. The lowest BCUT2D eigenvalue weighted by molar-refractivity contribution is -0.384. The van der Waals surface area contributed by atoms with Gasteiger partial charge in [-0.3, -0.25) is 10.1 Å². The summed E-state index contributed by atoms with van der Waals surface area (Å²) in [6.07, 6.45) is 2.24. The molecule has 0 bridgehead atoms. The van der Waals surface area contributed by atoms with Gasteiger partial charge < -0.3 is 9.47 Å². The van der Waals surface area contributed by atoms with Gasteiger partial charge in [-0.25, -0.2) is 4.79 Å². The van der Waals surface area contributed by atoms with Gasteiger partial charge in [0, 0.05) is 12.1 Å². The van der Waals surface area contributed by atoms with E-state index in [9.17, 15) is 14.9 Å². The van der Waals surface area contributed by atoms with E-state index in [1.165, 1.54) is 12.1 Å². The molecule has 7 heteroatoms. The van der Waals surface area contributed by atoms with Gasteiger partial charge in [0.05, 0.1) is 4.92 Å². The predicted octanol–water partition coefficient (Wildman–Crippen LogP) is 4.61. The van der Waals surface area contributed by atoms with Crippen molar-refractivity contribution in [3.8, 4) is 0 Å². The number of nitro groups is 1. The molecular formula is C19H24ClNO5. The van der Waals surface area contributed by atoms with Crippen LogP contribution in [0.25, 0.3) is 0 Å². The van der Waals surface area contributed by atoms with E-state index in [1.54, 1.807) is 12.1 Å². The molecule has 1 aliphatic carbocycles. The fourth-order valence-electron chi connectivity index (χ4n) is 3.64. The standard InChI is InChI=1S/C19H24ClNO5/c1-11(2)14-5-4-12(3)16(10-14)25-18(22)19(20)17(26-19)13-6-8-15(9-7-13)21(23)24/h6-9,11-12,14,16-17H,4-5,10H2,1-3H3/t12-,14-,16-,17-,19+/m0/s1. The van der Waals surface area contributed by atoms with Crippen LogP contribution in [0.4, 0.5) is 5.69 Å². The van der Waals surface area contributed by atoms with E-state index >= 15 is 0 Å². The predicted molar refractivity (Wildman–Crippen MR) is 96.7 cm³/mol. The smallest absolute Gasteiger partial charge is 0.357 e. The second-order valence-corrected chi connectivity index (χ2v) is 8.29. The van der Waals surface area contributed by atoms with Crippen LogP contribution in [0.5, 0.6) is 0 Å². The summed E-state index contributed by atoms with van der Waals surface area (Å²) in [5, 5.41) is 9.21. The Morgan fingerprint density at radius 1 is 1.35 bits per heavy atom. The highest BCUT2D eigenvalue weighted by molar-refractivity contribution is 6.35. The fraction of sp³-hybridized carbons (Fsp3) is 0.632. The summed E-state index contributed by atoms with van der Waals surface area (Å²) in [6, 6.07) is 5.85. The molecule has 1 heterocycles. The van der Waals surface area contributed by atoms with E-state index in [4.69, 9.17) is 21.1 Å². The molecule has 0 aromatic heterocycles. The number of carbonyl (C=O) groups excluding carboxylic acids is 1. The lowest BCUT2D eigenvalue weighted by Gasteiger charge is -2.35. The monoisotopic (exact) mass is 381 g/mol. The van der Waals surface area contributed by atoms with Crippen molar-refractivity contribution in [2.24, 2.45) is 17.8 Å². The van der Waals surface area contributed by atoms with Gasteiger partial charge in [-0.05, 0) is 54.7 Å². The van der Waals surface area contributed by atoms with Crippen LogP contribution >= 0.6 is 11.6 Å². The number of epoxide rings is 1. The summed E-state index contributed by atoms with van der Waals surface area (Å²) in [7, 11) is 0. The van der Waals surface area contributed by atoms with Gasteiger partial charge in [0.25, 0.3) is 10.7 Å². The Balaban J connectivity index is 1.64. The minimum absolute atomic E-state index is 0.0205. The summed E-state index contributed by atoms with van der Waals surface area (Å²) >= 11 is 6.33. The quantitative estimate of drug-likeness (QED) is 0.244. The maximum Gasteiger partial charge on any atom is 0.357 e. The lowest BCUT2D eigenvalue weighted by Crippen LogP contribution is -2.36. The molecule has 142 valence electrons. The van der Waals surface area contributed by atoms with Gasteiger partial charge >= 0.3 is 5.97 Å². The summed E-state index contributed by atoms with van der Waals surface area (Å²) in [5.74, 6) is 0.828. The van der Waals surface area contributed by atoms with Crippen molar-refractivity contribution in [3.63, 3.8) is 0 Å². The third kappa shape index (κ3) is 3.71. The minimum atomic E-state index is -1.53. The number of alkyl halides is 1. The summed E-state index contributed by atoms with van der Waals surface area (Å²) in [6.45, 7) is 6.48. The van der Waals surface area contributed by atoms with Crippen LogP contribution < -0.4 is 0 Å². The van der Waals surface area contributed by atoms with Crippen LogP contribution in [0.2, 0.25) is 0 Å². The Labute approximate surface area is 158 Å². The number of halogens is 1. The number of benzene rings is 1. The van der Waals surface area contributed by atoms with E-state index in [2.05, 4.69) is 20.8 Å². The third-order valence-corrected chi connectivity index (χ3v) is 6.06. The molecule has 2 aliphatic rings. The van der Waals surface area contributed by atoms with Crippen LogP contribution in [0.1, 0.15) is 51.7 Å². The fourth-order valence-corrected chi connectivity index (χ4v) is 3.90. The molecular weight excluding hydrogens is 358 g/mol. The molecule has 0 radical (unpaired) electrons. The Bertz CT molecular complexity index is 692. The number of nitrogens with zero attached hydrogens (tertiary/aromatic N) is 1. The minimum Gasteiger partial charge on any atom is -0.459 e. The normalized spacial score (nSPS) is 33.7. The zero-order chi connectivity index (χ0) is 19.1. The summed E-state index contributed by atoms with van der Waals surface area (Å²) < 4.78 is 11.1. The molecule has 1 aromatic rings. The number of hydrogen-bond acceptors (Lipinski definition) is 5. The van der Waals surface area contributed by atoms with Crippen molar-refractivity contribution in [1.82, 2.24) is 0 Å². The molecule has 0 amide bonds. The van der Waals surface area contributed by atoms with E-state index in [0.29, 0.717) is 23.3 Å². The van der Waals surface area contributed by atoms with Crippen LogP contribution in [-0.4, -0.2) is 22.1 Å². The number of carbonyl (C=O) groups is 1. The molecule has 1 aromatic carbocycles. The molecule has 5 atom stereocenters. The lowest BCUT2D eigenvalue weighted by atomic mass is 9.76. The number of ether oxygens (including phenoxy) is 2. The van der Waals surface area contributed by atoms with Gasteiger partial charge in [-0.1, -0.05) is 32.4 Å². The summed E-state index contributed by atoms with van der Waals surface area (Å²) in [4.78, 5) is 22.8. The molecule has 1 saturated carbocycles. The molecule has 3 rings (SSSR count). The summed E-state index contributed by atoms with van der Waals surface area (Å²) in [5.41, 5.74) is 0.604. The maximum atomic E-state index is 12.6. The van der Waals surface area contributed by atoms with E-state index in [1.807, 2.05) is 0 Å². The van der Waals surface area contributed by atoms with Crippen molar-refractivity contribution >= 4 is 23.3 Å². The average Bonchev–Trinajstić information content (AvgIpc) is 3.30. The number of non-ortho nitro benzene ring substituents is 1. The number of nitro benzene ring substituents is 1. The first kappa shape index (κ1) is 19.1. The van der Waals surface area contributed by atoms with E-state index in [0.717, 1.165) is 19.3 Å². The van der Waals surface area contributed by atoms with Crippen molar-refractivity contribution in [2.75, 3.05) is 0 Å². The largest absolute Gasteiger partial charge is 0.459 e. The highest BCUT2D eigenvalue weighted by atomic mass is 35.5. The van der Waals surface area contributed by atoms with Gasteiger partial charge in [-0.15, -0.1) is 0 Å². The van der Waals surface area contributed by atoms with Crippen LogP contribution in [-0.2, 0) is 14.3 Å². The Kier molecular flexibility index (Phi) is 5.26. The van der Waals surface area contributed by atoms with Crippen molar-refractivity contribution in [1.29, 1.82) is 0 Å². The zero-order valence-electron chi connectivity index (χ0n) is 15.2. The Morgan fingerprint density at radius 3 is 2.58 bits per heavy atom. The molecule has 1 saturated heterocycles. The Hall–Kier alpha value is -1.66. The van der Waals surface area contributed by atoms with Crippen molar-refractivity contribution < 1.29 is 19.2 Å². The van der Waals surface area contributed by atoms with Crippen molar-refractivity contribution in [2.45, 2.75) is 57.3 Å². The number of hydrogen-bond donors (Lipinski definition) is 0. The third-order valence-electron chi connectivity index (χ3n) is 5.62. The van der Waals surface area contributed by atoms with Crippen LogP contribution in [0.3, 0.4) is 0 Å². The molecule has 1 aliphatic heterocycles. The van der Waals surface area contributed by atoms with Gasteiger partial charge in [0.2, 0.25) is 0 Å². The SMILES string of the molecule is CC(C)[C@H]1CC[C@H](C)[C@@H](OC(=O)[C@]2(Cl)O[C@H]2c2ccc([N+](=O)[O-])cc2)C1. The molecule has 0 spiro atoms. The number of rotatable bonds is 5. The second-order valence-electron chi connectivity index (χ2n) is 7.73. The topological polar surface area (TPSA) is 82.0 Å². The van der Waals surface area contributed by atoms with Crippen molar-refractivity contribution in [3.05, 3.63) is 39.9 Å². The second kappa shape index (κ2) is 7.16. The first-order chi connectivity index (χ1) is 12.2. The van der Waals surface area contributed by atoms with E-state index in [-0.39, 0.29) is 11.8 Å². The van der Waals surface area contributed by atoms with Gasteiger partial charge in [0.15, 0.2) is 0 Å². The first-order valence-electron chi connectivity index (χ1n) is 9.04. The molecule has 2 fully saturated rings. The molecule has 0 N–H and O–H groups in total. The average molecular weight is 382 g/mol. The van der Waals surface area contributed by atoms with Crippen LogP contribution in [0.15, 0.2) is 24.3 Å². The van der Waals surface area contributed by atoms with Gasteiger partial charge in [-0.2, -0.15) is 0 Å².